The molecule has 2 aromatic carbocycles. The highest BCUT2D eigenvalue weighted by Gasteiger charge is 2.35. The Hall–Kier alpha value is -2.60. The molecular weight excluding hydrogens is 384 g/mol. The lowest BCUT2D eigenvalue weighted by molar-refractivity contribution is 0.171. The van der Waals surface area contributed by atoms with Crippen LogP contribution >= 0.6 is 0 Å². The predicted molar refractivity (Wildman–Crippen MR) is 115 cm³/mol. The number of hydrogen-bond donors (Lipinski definition) is 0. The number of rotatable bonds is 6. The van der Waals surface area contributed by atoms with Crippen LogP contribution in [0, 0.1) is 0 Å². The smallest absolute Gasteiger partial charge is 0.242 e. The number of ether oxygens (including phenoxy) is 4. The molecule has 0 saturated heterocycles. The van der Waals surface area contributed by atoms with Crippen LogP contribution < -0.4 is 23.4 Å². The van der Waals surface area contributed by atoms with E-state index in [0.29, 0.717) is 17.2 Å². The normalized spacial score (nSPS) is 19.5. The number of hydrogen-bond acceptors (Lipinski definition) is 5. The topological polar surface area (TPSA) is 46.2 Å². The molecule has 0 radical (unpaired) electrons. The summed E-state index contributed by atoms with van der Waals surface area (Å²) in [5.74, 6) is 3.97. The Balaban J connectivity index is 1.71. The van der Waals surface area contributed by atoms with Gasteiger partial charge in [0, 0.05) is 23.1 Å². The lowest BCUT2D eigenvalue weighted by Crippen LogP contribution is -2.29. The van der Waals surface area contributed by atoms with Crippen LogP contribution in [0.2, 0.25) is 19.6 Å². The van der Waals surface area contributed by atoms with Gasteiger partial charge in [0.1, 0.15) is 17.6 Å². The van der Waals surface area contributed by atoms with Crippen LogP contribution in [-0.4, -0.2) is 22.2 Å². The van der Waals surface area contributed by atoms with E-state index in [9.17, 15) is 0 Å². The molecule has 0 spiro atoms. The van der Waals surface area contributed by atoms with Crippen LogP contribution in [0.5, 0.6) is 28.7 Å². The summed E-state index contributed by atoms with van der Waals surface area (Å²) in [5, 5.41) is 0. The SMILES string of the molecule is C=CCc1cc2c(cc1O[Si](C)(C)C)O[C@H](c1cc(OC)c3c(c1)OCO3)[C@H]2C. The Morgan fingerprint density at radius 1 is 1.10 bits per heavy atom. The minimum absolute atomic E-state index is 0.132. The fraction of sp³-hybridized carbons (Fsp3) is 0.391. The van der Waals surface area contributed by atoms with Crippen molar-refractivity contribution in [1.29, 1.82) is 0 Å². The molecule has 6 heteroatoms. The van der Waals surface area contributed by atoms with Gasteiger partial charge in [0.15, 0.2) is 11.5 Å². The Morgan fingerprint density at radius 3 is 2.59 bits per heavy atom. The fourth-order valence-electron chi connectivity index (χ4n) is 3.90. The van der Waals surface area contributed by atoms with Gasteiger partial charge in [-0.05, 0) is 49.8 Å². The summed E-state index contributed by atoms with van der Waals surface area (Å²) >= 11 is 0. The van der Waals surface area contributed by atoms with E-state index in [4.69, 9.17) is 23.4 Å². The highest BCUT2D eigenvalue weighted by Crippen LogP contribution is 2.51. The molecule has 5 nitrogen and oxygen atoms in total. The average molecular weight is 413 g/mol. The molecule has 29 heavy (non-hydrogen) atoms. The molecule has 2 aliphatic heterocycles. The number of benzene rings is 2. The summed E-state index contributed by atoms with van der Waals surface area (Å²) in [4.78, 5) is 0. The zero-order valence-corrected chi connectivity index (χ0v) is 18.7. The van der Waals surface area contributed by atoms with Crippen molar-refractivity contribution in [3.63, 3.8) is 0 Å². The van der Waals surface area contributed by atoms with Crippen LogP contribution in [0.4, 0.5) is 0 Å². The first-order valence-corrected chi connectivity index (χ1v) is 13.3. The largest absolute Gasteiger partial charge is 0.544 e. The number of methoxy groups -OCH3 is 1. The van der Waals surface area contributed by atoms with Crippen molar-refractivity contribution in [1.82, 2.24) is 0 Å². The van der Waals surface area contributed by atoms with Gasteiger partial charge >= 0.3 is 0 Å². The molecule has 4 rings (SSSR count). The van der Waals surface area contributed by atoms with Crippen molar-refractivity contribution < 1.29 is 23.4 Å². The first kappa shape index (κ1) is 19.7. The van der Waals surface area contributed by atoms with E-state index in [1.165, 1.54) is 5.56 Å². The van der Waals surface area contributed by atoms with E-state index >= 15 is 0 Å². The predicted octanol–water partition coefficient (Wildman–Crippen LogP) is 5.60. The molecule has 0 aromatic heterocycles. The van der Waals surface area contributed by atoms with Crippen molar-refractivity contribution in [3.05, 3.63) is 53.6 Å². The lowest BCUT2D eigenvalue weighted by Gasteiger charge is -2.22. The molecule has 0 N–H and O–H groups in total. The summed E-state index contributed by atoms with van der Waals surface area (Å²) in [6.45, 7) is 12.8. The average Bonchev–Trinajstić information content (AvgIpc) is 3.25. The summed E-state index contributed by atoms with van der Waals surface area (Å²) in [7, 11) is -0.115. The van der Waals surface area contributed by atoms with Gasteiger partial charge < -0.3 is 23.4 Å². The van der Waals surface area contributed by atoms with Gasteiger partial charge in [-0.25, -0.2) is 0 Å². The zero-order chi connectivity index (χ0) is 20.8. The van der Waals surface area contributed by atoms with Gasteiger partial charge in [0.2, 0.25) is 20.9 Å². The van der Waals surface area contributed by atoms with Crippen LogP contribution in [0.15, 0.2) is 36.9 Å². The molecule has 2 aliphatic rings. The third-order valence-corrected chi connectivity index (χ3v) is 6.01. The molecular formula is C23H28O5Si. The molecule has 0 aliphatic carbocycles. The summed E-state index contributed by atoms with van der Waals surface area (Å²) in [5.41, 5.74) is 3.35. The Labute approximate surface area is 173 Å². The van der Waals surface area contributed by atoms with Crippen LogP contribution in [-0.2, 0) is 6.42 Å². The molecule has 0 fully saturated rings. The molecule has 0 bridgehead atoms. The van der Waals surface area contributed by atoms with Crippen molar-refractivity contribution in [3.8, 4) is 28.7 Å². The lowest BCUT2D eigenvalue weighted by atomic mass is 9.91. The molecule has 154 valence electrons. The second-order valence-electron chi connectivity index (χ2n) is 8.49. The molecule has 0 amide bonds. The van der Waals surface area contributed by atoms with Crippen molar-refractivity contribution in [2.24, 2.45) is 0 Å². The van der Waals surface area contributed by atoms with Gasteiger partial charge in [-0.1, -0.05) is 13.0 Å². The highest BCUT2D eigenvalue weighted by atomic mass is 28.4. The first-order chi connectivity index (χ1) is 13.8. The maximum absolute atomic E-state index is 6.41. The third-order valence-electron chi connectivity index (χ3n) is 5.18. The van der Waals surface area contributed by atoms with Crippen molar-refractivity contribution >= 4 is 8.32 Å². The van der Waals surface area contributed by atoms with Gasteiger partial charge in [0.25, 0.3) is 0 Å². The van der Waals surface area contributed by atoms with Crippen LogP contribution in [0.1, 0.15) is 35.6 Å². The van der Waals surface area contributed by atoms with Gasteiger partial charge in [-0.3, -0.25) is 0 Å². The van der Waals surface area contributed by atoms with E-state index in [1.54, 1.807) is 7.11 Å². The van der Waals surface area contributed by atoms with E-state index in [2.05, 4.69) is 39.2 Å². The minimum Gasteiger partial charge on any atom is -0.544 e. The number of fused-ring (bicyclic) bond motifs is 2. The van der Waals surface area contributed by atoms with E-state index < -0.39 is 8.32 Å². The monoisotopic (exact) mass is 412 g/mol. The maximum Gasteiger partial charge on any atom is 0.242 e. The second-order valence-corrected chi connectivity index (χ2v) is 12.9. The molecule has 0 unspecified atom stereocenters. The summed E-state index contributed by atoms with van der Waals surface area (Å²) in [6.07, 6.45) is 2.55. The van der Waals surface area contributed by atoms with Gasteiger partial charge in [-0.15, -0.1) is 6.58 Å². The third kappa shape index (κ3) is 3.69. The first-order valence-electron chi connectivity index (χ1n) is 9.91. The fourth-order valence-corrected chi connectivity index (χ4v) is 4.75. The summed E-state index contributed by atoms with van der Waals surface area (Å²) in [6, 6.07) is 8.22. The van der Waals surface area contributed by atoms with E-state index in [0.717, 1.165) is 29.0 Å². The van der Waals surface area contributed by atoms with Crippen molar-refractivity contribution in [2.75, 3.05) is 13.9 Å². The summed E-state index contributed by atoms with van der Waals surface area (Å²) < 4.78 is 29.4. The molecule has 2 aromatic rings. The van der Waals surface area contributed by atoms with E-state index in [1.807, 2.05) is 24.3 Å². The second kappa shape index (κ2) is 7.33. The Morgan fingerprint density at radius 2 is 1.90 bits per heavy atom. The van der Waals surface area contributed by atoms with Gasteiger partial charge in [0.05, 0.1) is 7.11 Å². The van der Waals surface area contributed by atoms with E-state index in [-0.39, 0.29) is 18.8 Å². The zero-order valence-electron chi connectivity index (χ0n) is 17.7. The van der Waals surface area contributed by atoms with Gasteiger partial charge in [-0.2, -0.15) is 0 Å². The number of allylic oxidation sites excluding steroid dienone is 1. The molecule has 2 atom stereocenters. The molecule has 2 heterocycles. The van der Waals surface area contributed by atoms with Crippen LogP contribution in [0.25, 0.3) is 0 Å². The van der Waals surface area contributed by atoms with Crippen molar-refractivity contribution in [2.45, 2.75) is 45.0 Å². The standard InChI is InChI=1S/C23H28O5Si/c1-7-8-15-9-17-14(2)22(27-19(17)12-18(15)28-29(4,5)6)16-10-20(24-3)23-21(11-16)25-13-26-23/h7,9-12,14,22H,1,8,13H2,2-6H3/t14-,22-/m0/s1. The maximum atomic E-state index is 6.41. The highest BCUT2D eigenvalue weighted by molar-refractivity contribution is 6.70. The minimum atomic E-state index is -1.75. The Kier molecular flexibility index (Phi) is 4.98. The molecule has 0 saturated carbocycles. The van der Waals surface area contributed by atoms with Crippen LogP contribution in [0.3, 0.4) is 0 Å². The Bertz CT molecular complexity index is 947. The quantitative estimate of drug-likeness (QED) is 0.456.